The lowest BCUT2D eigenvalue weighted by atomic mass is 10.0. The third-order valence-corrected chi connectivity index (χ3v) is 3.73. The number of ether oxygens (including phenoxy) is 1. The van der Waals surface area contributed by atoms with Crippen molar-refractivity contribution in [1.29, 1.82) is 0 Å². The summed E-state index contributed by atoms with van der Waals surface area (Å²) in [5.41, 5.74) is -0.136. The van der Waals surface area contributed by atoms with E-state index >= 15 is 0 Å². The van der Waals surface area contributed by atoms with Gasteiger partial charge in [-0.1, -0.05) is 48.0 Å². The van der Waals surface area contributed by atoms with Crippen LogP contribution < -0.4 is 4.74 Å². The van der Waals surface area contributed by atoms with E-state index < -0.39 is 11.8 Å². The van der Waals surface area contributed by atoms with Crippen LogP contribution in [0.1, 0.15) is 20.7 Å². The zero-order chi connectivity index (χ0) is 16.4. The van der Waals surface area contributed by atoms with Crippen LogP contribution in [0.25, 0.3) is 10.8 Å². The van der Waals surface area contributed by atoms with Crippen molar-refractivity contribution in [2.24, 2.45) is 0 Å². The summed E-state index contributed by atoms with van der Waals surface area (Å²) in [5.74, 6) is -1.68. The Bertz CT molecular complexity index is 901. The molecule has 0 unspecified atom stereocenters. The third-order valence-electron chi connectivity index (χ3n) is 3.42. The van der Waals surface area contributed by atoms with Gasteiger partial charge in [0.05, 0.1) is 10.6 Å². The number of aldehydes is 1. The lowest BCUT2D eigenvalue weighted by molar-refractivity contribution is 0.0729. The number of carbonyl (C=O) groups excluding carboxylic acids is 2. The molecule has 0 amide bonds. The van der Waals surface area contributed by atoms with Crippen molar-refractivity contribution in [3.05, 3.63) is 76.6 Å². The highest BCUT2D eigenvalue weighted by atomic mass is 35.5. The number of carbonyl (C=O) groups is 2. The summed E-state index contributed by atoms with van der Waals surface area (Å²) < 4.78 is 19.0. The van der Waals surface area contributed by atoms with E-state index in [1.54, 1.807) is 18.2 Å². The molecule has 114 valence electrons. The molecular weight excluding hydrogens is 319 g/mol. The lowest BCUT2D eigenvalue weighted by Gasteiger charge is -2.10. The first-order valence-electron chi connectivity index (χ1n) is 6.75. The highest BCUT2D eigenvalue weighted by Gasteiger charge is 2.20. The smallest absolute Gasteiger partial charge is 0.348 e. The standard InChI is InChI=1S/C18H10ClFO3/c19-14-6-3-7-15(20)17(14)18(22)23-16-9-8-11-4-1-2-5-12(11)13(16)10-21/h1-10H. The quantitative estimate of drug-likeness (QED) is 0.399. The van der Waals surface area contributed by atoms with E-state index in [4.69, 9.17) is 16.3 Å². The van der Waals surface area contributed by atoms with Crippen molar-refractivity contribution >= 4 is 34.6 Å². The van der Waals surface area contributed by atoms with E-state index in [2.05, 4.69) is 0 Å². The number of hydrogen-bond acceptors (Lipinski definition) is 3. The van der Waals surface area contributed by atoms with Crippen LogP contribution in [0.4, 0.5) is 4.39 Å². The second-order valence-corrected chi connectivity index (χ2v) is 5.21. The van der Waals surface area contributed by atoms with Gasteiger partial charge in [-0.15, -0.1) is 0 Å². The molecule has 0 aromatic heterocycles. The summed E-state index contributed by atoms with van der Waals surface area (Å²) in [6.45, 7) is 0. The highest BCUT2D eigenvalue weighted by Crippen LogP contribution is 2.28. The second kappa shape index (κ2) is 6.18. The predicted molar refractivity (Wildman–Crippen MR) is 85.7 cm³/mol. The SMILES string of the molecule is O=Cc1c(OC(=O)c2c(F)cccc2Cl)ccc2ccccc12. The summed E-state index contributed by atoms with van der Waals surface area (Å²) in [7, 11) is 0. The van der Waals surface area contributed by atoms with Crippen LogP contribution in [0.15, 0.2) is 54.6 Å². The molecule has 0 heterocycles. The molecule has 23 heavy (non-hydrogen) atoms. The van der Waals surface area contributed by atoms with E-state index in [0.717, 1.165) is 11.5 Å². The van der Waals surface area contributed by atoms with Gasteiger partial charge in [0.15, 0.2) is 6.29 Å². The summed E-state index contributed by atoms with van der Waals surface area (Å²) in [6, 6.07) is 14.3. The van der Waals surface area contributed by atoms with E-state index in [1.165, 1.54) is 18.2 Å². The Kier molecular flexibility index (Phi) is 4.08. The summed E-state index contributed by atoms with van der Waals surface area (Å²) in [4.78, 5) is 23.6. The van der Waals surface area contributed by atoms with Crippen LogP contribution in [-0.2, 0) is 0 Å². The van der Waals surface area contributed by atoms with Gasteiger partial charge < -0.3 is 4.74 Å². The molecule has 0 N–H and O–H groups in total. The van der Waals surface area contributed by atoms with E-state index in [9.17, 15) is 14.0 Å². The van der Waals surface area contributed by atoms with Crippen LogP contribution in [0.3, 0.4) is 0 Å². The Balaban J connectivity index is 2.05. The average Bonchev–Trinajstić information content (AvgIpc) is 2.54. The Morgan fingerprint density at radius 3 is 2.57 bits per heavy atom. The molecule has 0 aliphatic carbocycles. The Morgan fingerprint density at radius 1 is 1.04 bits per heavy atom. The molecule has 0 aliphatic heterocycles. The molecule has 0 saturated carbocycles. The lowest BCUT2D eigenvalue weighted by Crippen LogP contribution is -2.12. The molecule has 3 aromatic carbocycles. The van der Waals surface area contributed by atoms with Crippen molar-refractivity contribution in [1.82, 2.24) is 0 Å². The van der Waals surface area contributed by atoms with Gasteiger partial charge in [0.25, 0.3) is 0 Å². The van der Waals surface area contributed by atoms with Gasteiger partial charge in [0, 0.05) is 0 Å². The minimum absolute atomic E-state index is 0.0524. The van der Waals surface area contributed by atoms with E-state index in [-0.39, 0.29) is 21.9 Å². The molecule has 5 heteroatoms. The zero-order valence-corrected chi connectivity index (χ0v) is 12.5. The van der Waals surface area contributed by atoms with Gasteiger partial charge in [-0.05, 0) is 29.0 Å². The first kappa shape index (κ1) is 15.2. The largest absolute Gasteiger partial charge is 0.422 e. The molecule has 0 bridgehead atoms. The predicted octanol–water partition coefficient (Wildman–Crippen LogP) is 4.66. The van der Waals surface area contributed by atoms with Gasteiger partial charge in [-0.25, -0.2) is 9.18 Å². The molecule has 0 aliphatic rings. The molecule has 3 aromatic rings. The van der Waals surface area contributed by atoms with Crippen LogP contribution in [0.5, 0.6) is 5.75 Å². The maximum Gasteiger partial charge on any atom is 0.348 e. The normalized spacial score (nSPS) is 10.5. The zero-order valence-electron chi connectivity index (χ0n) is 11.8. The molecule has 0 saturated heterocycles. The Hall–Kier alpha value is -2.72. The van der Waals surface area contributed by atoms with Crippen LogP contribution >= 0.6 is 11.6 Å². The Labute approximate surface area is 136 Å². The van der Waals surface area contributed by atoms with Gasteiger partial charge in [-0.3, -0.25) is 4.79 Å². The Morgan fingerprint density at radius 2 is 1.83 bits per heavy atom. The monoisotopic (exact) mass is 328 g/mol. The average molecular weight is 329 g/mol. The van der Waals surface area contributed by atoms with Crippen molar-refractivity contribution in [2.75, 3.05) is 0 Å². The fourth-order valence-corrected chi connectivity index (χ4v) is 2.57. The first-order chi connectivity index (χ1) is 11.1. The number of halogens is 2. The van der Waals surface area contributed by atoms with Crippen molar-refractivity contribution in [3.8, 4) is 5.75 Å². The number of esters is 1. The van der Waals surface area contributed by atoms with Crippen LogP contribution in [0.2, 0.25) is 5.02 Å². The second-order valence-electron chi connectivity index (χ2n) is 4.80. The van der Waals surface area contributed by atoms with Crippen molar-refractivity contribution in [3.63, 3.8) is 0 Å². The van der Waals surface area contributed by atoms with Crippen LogP contribution in [0, 0.1) is 5.82 Å². The van der Waals surface area contributed by atoms with Crippen molar-refractivity contribution in [2.45, 2.75) is 0 Å². The minimum Gasteiger partial charge on any atom is -0.422 e. The molecule has 0 radical (unpaired) electrons. The summed E-state index contributed by atoms with van der Waals surface area (Å²) >= 11 is 5.85. The molecule has 3 nitrogen and oxygen atoms in total. The number of rotatable bonds is 3. The molecular formula is C18H10ClFO3. The van der Waals surface area contributed by atoms with E-state index in [0.29, 0.717) is 11.7 Å². The van der Waals surface area contributed by atoms with E-state index in [1.807, 2.05) is 12.1 Å². The van der Waals surface area contributed by atoms with Crippen LogP contribution in [-0.4, -0.2) is 12.3 Å². The molecule has 3 rings (SSSR count). The highest BCUT2D eigenvalue weighted by molar-refractivity contribution is 6.33. The topological polar surface area (TPSA) is 43.4 Å². The van der Waals surface area contributed by atoms with Gasteiger partial charge in [0.1, 0.15) is 17.1 Å². The van der Waals surface area contributed by atoms with Gasteiger partial charge in [-0.2, -0.15) is 0 Å². The third kappa shape index (κ3) is 2.81. The minimum atomic E-state index is -0.952. The molecule has 0 fully saturated rings. The maximum atomic E-state index is 13.8. The fourth-order valence-electron chi connectivity index (χ4n) is 2.33. The van der Waals surface area contributed by atoms with Gasteiger partial charge >= 0.3 is 5.97 Å². The molecule has 0 spiro atoms. The fraction of sp³-hybridized carbons (Fsp3) is 0. The molecule has 0 atom stereocenters. The maximum absolute atomic E-state index is 13.8. The summed E-state index contributed by atoms with van der Waals surface area (Å²) in [5, 5.41) is 1.43. The number of hydrogen-bond donors (Lipinski definition) is 0. The van der Waals surface area contributed by atoms with Crippen molar-refractivity contribution < 1.29 is 18.7 Å². The summed E-state index contributed by atoms with van der Waals surface area (Å²) in [6.07, 6.45) is 0.605. The number of benzene rings is 3. The van der Waals surface area contributed by atoms with Gasteiger partial charge in [0.2, 0.25) is 0 Å². The first-order valence-corrected chi connectivity index (χ1v) is 7.12. The number of fused-ring (bicyclic) bond motifs is 1.